The molecule has 2 heterocycles. The number of amides is 3. The molecule has 2 saturated heterocycles. The molecule has 0 saturated carbocycles. The predicted molar refractivity (Wildman–Crippen MR) is 148 cm³/mol. The van der Waals surface area contributed by atoms with Crippen LogP contribution in [0.2, 0.25) is 0 Å². The molecule has 0 aromatic rings. The van der Waals surface area contributed by atoms with E-state index in [1.165, 1.54) is 0 Å². The highest BCUT2D eigenvalue weighted by Gasteiger charge is 2.36. The number of nitrogens with zero attached hydrogens (tertiary/aromatic N) is 3. The summed E-state index contributed by atoms with van der Waals surface area (Å²) >= 11 is 0. The number of carbonyl (C=O) groups excluding carboxylic acids is 3. The quantitative estimate of drug-likeness (QED) is 0.417. The van der Waals surface area contributed by atoms with E-state index in [4.69, 9.17) is 0 Å². The molecule has 38 heavy (non-hydrogen) atoms. The third-order valence-electron chi connectivity index (χ3n) is 8.03. The van der Waals surface area contributed by atoms with Crippen molar-refractivity contribution in [3.05, 3.63) is 11.6 Å². The first kappa shape index (κ1) is 31.8. The van der Waals surface area contributed by atoms with Gasteiger partial charge >= 0.3 is 5.97 Å². The Bertz CT molecular complexity index is 884. The molecular formula is C29H50N4O5. The average molecular weight is 535 g/mol. The zero-order valence-corrected chi connectivity index (χ0v) is 24.7. The minimum Gasteiger partial charge on any atom is -0.481 e. The van der Waals surface area contributed by atoms with Gasteiger partial charge in [-0.05, 0) is 64.8 Å². The number of likely N-dealkylation sites (N-methyl/N-ethyl adjacent to an activating group) is 1. The smallest absolute Gasteiger partial charge is 0.308 e. The fraction of sp³-hybridized carbons (Fsp3) is 0.793. The molecule has 3 amide bonds. The predicted octanol–water partition coefficient (Wildman–Crippen LogP) is 3.14. The summed E-state index contributed by atoms with van der Waals surface area (Å²) in [6.07, 6.45) is 5.91. The number of likely N-dealkylation sites (tertiary alicyclic amines) is 2. The Morgan fingerprint density at radius 3 is 2.16 bits per heavy atom. The summed E-state index contributed by atoms with van der Waals surface area (Å²) in [5.41, 5.74) is 0.495. The van der Waals surface area contributed by atoms with E-state index >= 15 is 0 Å². The highest BCUT2D eigenvalue weighted by Crippen LogP contribution is 2.23. The van der Waals surface area contributed by atoms with Crippen LogP contribution < -0.4 is 5.32 Å². The number of piperidine rings is 2. The lowest BCUT2D eigenvalue weighted by atomic mass is 9.95. The van der Waals surface area contributed by atoms with Crippen LogP contribution in [-0.2, 0) is 19.2 Å². The van der Waals surface area contributed by atoms with E-state index in [1.54, 1.807) is 23.8 Å². The molecule has 4 atom stereocenters. The second-order valence-corrected chi connectivity index (χ2v) is 12.0. The first-order valence-electron chi connectivity index (χ1n) is 14.3. The molecule has 0 bridgehead atoms. The molecule has 2 fully saturated rings. The lowest BCUT2D eigenvalue weighted by Crippen LogP contribution is -2.58. The number of nitrogens with one attached hydrogen (secondary N) is 1. The van der Waals surface area contributed by atoms with Gasteiger partial charge in [-0.2, -0.15) is 0 Å². The summed E-state index contributed by atoms with van der Waals surface area (Å²) < 4.78 is 0. The van der Waals surface area contributed by atoms with Crippen LogP contribution in [0, 0.1) is 17.8 Å². The molecule has 0 spiro atoms. The number of carbonyl (C=O) groups is 4. The van der Waals surface area contributed by atoms with Gasteiger partial charge in [0.1, 0.15) is 6.04 Å². The maximum Gasteiger partial charge on any atom is 0.308 e. The summed E-state index contributed by atoms with van der Waals surface area (Å²) in [5, 5.41) is 12.4. The summed E-state index contributed by atoms with van der Waals surface area (Å²) in [7, 11) is 1.73. The van der Waals surface area contributed by atoms with Crippen LogP contribution in [0.4, 0.5) is 0 Å². The highest BCUT2D eigenvalue weighted by molar-refractivity contribution is 5.94. The maximum absolute atomic E-state index is 13.7. The third-order valence-corrected chi connectivity index (χ3v) is 8.03. The van der Waals surface area contributed by atoms with Crippen LogP contribution in [-0.4, -0.2) is 94.3 Å². The number of hydrogen-bond donors (Lipinski definition) is 2. The minimum atomic E-state index is -0.874. The number of rotatable bonds is 10. The van der Waals surface area contributed by atoms with Crippen molar-refractivity contribution in [2.75, 3.05) is 26.7 Å². The first-order valence-corrected chi connectivity index (χ1v) is 14.3. The summed E-state index contributed by atoms with van der Waals surface area (Å²) in [5.74, 6) is -1.97. The monoisotopic (exact) mass is 534 g/mol. The van der Waals surface area contributed by atoms with Crippen molar-refractivity contribution in [1.29, 1.82) is 0 Å². The normalized spacial score (nSPS) is 22.9. The van der Waals surface area contributed by atoms with Crippen molar-refractivity contribution in [1.82, 2.24) is 20.0 Å². The van der Waals surface area contributed by atoms with Gasteiger partial charge in [0.25, 0.3) is 0 Å². The largest absolute Gasteiger partial charge is 0.481 e. The molecule has 0 aliphatic carbocycles. The molecule has 9 heteroatoms. The number of carboxylic acid groups (broad SMARTS) is 1. The first-order chi connectivity index (χ1) is 17.8. The summed E-state index contributed by atoms with van der Waals surface area (Å²) in [4.78, 5) is 57.2. The van der Waals surface area contributed by atoms with E-state index in [-0.39, 0.29) is 54.2 Å². The maximum atomic E-state index is 13.7. The fourth-order valence-electron chi connectivity index (χ4n) is 5.67. The van der Waals surface area contributed by atoms with Crippen LogP contribution in [0.3, 0.4) is 0 Å². The summed E-state index contributed by atoms with van der Waals surface area (Å²) in [6.45, 7) is 15.4. The van der Waals surface area contributed by atoms with Crippen molar-refractivity contribution in [2.45, 2.75) is 105 Å². The summed E-state index contributed by atoms with van der Waals surface area (Å²) in [6, 6.07) is -1.01. The van der Waals surface area contributed by atoms with Crippen LogP contribution in [0.25, 0.3) is 0 Å². The Labute approximate surface area is 229 Å². The van der Waals surface area contributed by atoms with Gasteiger partial charge in [-0.25, -0.2) is 0 Å². The molecule has 1 unspecified atom stereocenters. The Kier molecular flexibility index (Phi) is 11.8. The average Bonchev–Trinajstić information content (AvgIpc) is 2.88. The molecule has 9 nitrogen and oxygen atoms in total. The molecule has 2 rings (SSSR count). The Hall–Kier alpha value is -2.42. The van der Waals surface area contributed by atoms with Gasteiger partial charge in [0.15, 0.2) is 0 Å². The molecule has 2 aliphatic heterocycles. The van der Waals surface area contributed by atoms with Gasteiger partial charge in [-0.1, -0.05) is 40.2 Å². The molecular weight excluding hydrogens is 484 g/mol. The van der Waals surface area contributed by atoms with Gasteiger partial charge in [0.2, 0.25) is 17.7 Å². The third kappa shape index (κ3) is 8.04. The Morgan fingerprint density at radius 1 is 0.947 bits per heavy atom. The van der Waals surface area contributed by atoms with E-state index in [1.807, 2.05) is 33.8 Å². The molecule has 2 aliphatic rings. The topological polar surface area (TPSA) is 110 Å². The van der Waals surface area contributed by atoms with Crippen molar-refractivity contribution in [2.24, 2.45) is 17.8 Å². The van der Waals surface area contributed by atoms with E-state index < -0.39 is 17.9 Å². The van der Waals surface area contributed by atoms with Crippen molar-refractivity contribution >= 4 is 23.7 Å². The van der Waals surface area contributed by atoms with E-state index in [9.17, 15) is 24.3 Å². The van der Waals surface area contributed by atoms with Crippen molar-refractivity contribution < 1.29 is 24.3 Å². The molecule has 0 radical (unpaired) electrons. The van der Waals surface area contributed by atoms with Crippen molar-refractivity contribution in [3.63, 3.8) is 0 Å². The van der Waals surface area contributed by atoms with E-state index in [0.717, 1.165) is 25.8 Å². The Balaban J connectivity index is 2.19. The van der Waals surface area contributed by atoms with Gasteiger partial charge in [-0.15, -0.1) is 0 Å². The second-order valence-electron chi connectivity index (χ2n) is 12.0. The number of carboxylic acids is 1. The van der Waals surface area contributed by atoms with Gasteiger partial charge in [0, 0.05) is 31.8 Å². The standard InChI is InChI=1S/C29H50N4O5/c1-18(2)24(16-21(7)27(35)32-14-11-12-22(17-32)29(37)38)31(8)28(36)25(19(3)4)30-26(34)23-13-9-10-15-33(23)20(5)6/h16,18-20,22-25H,9-15,17H2,1-8H3,(H,30,34)(H,37,38)/b21-16+/t22?,23-,24-,25+/m1/s1. The SMILES string of the molecule is C/C(=C\[C@H](C(C)C)N(C)C(=O)[C@@H](NC(=O)[C@H]1CCCCN1C(C)C)C(C)C)C(=O)N1CCCC(C(=O)O)C1. The van der Waals surface area contributed by atoms with Crippen LogP contribution in [0.15, 0.2) is 11.6 Å². The van der Waals surface area contributed by atoms with Crippen molar-refractivity contribution in [3.8, 4) is 0 Å². The molecule has 0 aromatic carbocycles. The van der Waals surface area contributed by atoms with E-state index in [2.05, 4.69) is 24.1 Å². The van der Waals surface area contributed by atoms with Crippen LogP contribution in [0.1, 0.15) is 80.6 Å². The number of hydrogen-bond acceptors (Lipinski definition) is 5. The fourth-order valence-corrected chi connectivity index (χ4v) is 5.67. The second kappa shape index (κ2) is 14.1. The van der Waals surface area contributed by atoms with Gasteiger partial charge in [-0.3, -0.25) is 24.1 Å². The zero-order chi connectivity index (χ0) is 28.7. The molecule has 0 aromatic heterocycles. The lowest BCUT2D eigenvalue weighted by Gasteiger charge is -2.39. The zero-order valence-electron chi connectivity index (χ0n) is 24.7. The van der Waals surface area contributed by atoms with Crippen LogP contribution in [0.5, 0.6) is 0 Å². The van der Waals surface area contributed by atoms with Crippen LogP contribution >= 0.6 is 0 Å². The van der Waals surface area contributed by atoms with E-state index in [0.29, 0.717) is 25.0 Å². The lowest BCUT2D eigenvalue weighted by molar-refractivity contribution is -0.145. The van der Waals surface area contributed by atoms with Gasteiger partial charge in [0.05, 0.1) is 18.0 Å². The highest BCUT2D eigenvalue weighted by atomic mass is 16.4. The van der Waals surface area contributed by atoms with Gasteiger partial charge < -0.3 is 20.2 Å². The Morgan fingerprint density at radius 2 is 1.61 bits per heavy atom. The molecule has 2 N–H and O–H groups in total. The number of aliphatic carboxylic acids is 1. The minimum absolute atomic E-state index is 0.0260. The molecule has 216 valence electrons.